The Morgan fingerprint density at radius 1 is 1.53 bits per heavy atom. The lowest BCUT2D eigenvalue weighted by Gasteiger charge is -2.13. The number of nitrogens with zero attached hydrogens (tertiary/aromatic N) is 1. The van der Waals surface area contributed by atoms with Crippen LogP contribution in [0.15, 0.2) is 18.2 Å². The molecular weight excluding hydrogens is 316 g/mol. The summed E-state index contributed by atoms with van der Waals surface area (Å²) in [5.74, 6) is -0.451. The maximum atomic E-state index is 11.4. The number of carbonyl (C=O) groups excluding carboxylic acids is 1. The van der Waals surface area contributed by atoms with Crippen LogP contribution in [0.25, 0.3) is 10.9 Å². The molecule has 0 aliphatic rings. The van der Waals surface area contributed by atoms with Gasteiger partial charge in [-0.3, -0.25) is 5.10 Å². The predicted molar refractivity (Wildman–Crippen MR) is 72.2 cm³/mol. The third kappa shape index (κ3) is 2.63. The summed E-state index contributed by atoms with van der Waals surface area (Å²) in [6, 6.07) is 4.80. The van der Waals surface area contributed by atoms with Crippen LogP contribution in [-0.4, -0.2) is 44.9 Å². The van der Waals surface area contributed by atoms with Crippen molar-refractivity contribution in [2.75, 3.05) is 12.4 Å². The first-order valence-corrected chi connectivity index (χ1v) is 6.69. The molecule has 0 saturated carbocycles. The molecule has 1 aromatic heterocycles. The van der Waals surface area contributed by atoms with Crippen LogP contribution in [-0.2, 0) is 4.74 Å². The number of hydrogen-bond acceptors (Lipinski definition) is 5. The van der Waals surface area contributed by atoms with Gasteiger partial charge in [0.25, 0.3) is 0 Å². The van der Waals surface area contributed by atoms with Gasteiger partial charge in [-0.05, 0) is 18.2 Å². The molecule has 102 valence electrons. The van der Waals surface area contributed by atoms with Crippen LogP contribution in [0.1, 0.15) is 22.2 Å². The summed E-state index contributed by atoms with van der Waals surface area (Å²) in [5.41, 5.74) is 1.32. The Morgan fingerprint density at radius 2 is 2.26 bits per heavy atom. The van der Waals surface area contributed by atoms with Gasteiger partial charge in [-0.2, -0.15) is 5.10 Å². The Balaban J connectivity index is 2.42. The fraction of sp³-hybridized carbons (Fsp3) is 0.333. The number of nitrogens with one attached hydrogen (secondary N) is 1. The Morgan fingerprint density at radius 3 is 2.89 bits per heavy atom. The number of alkyl halides is 1. The number of halogens is 1. The Hall–Kier alpha value is -1.44. The number of benzene rings is 1. The van der Waals surface area contributed by atoms with E-state index in [9.17, 15) is 15.0 Å². The molecule has 7 heteroatoms. The van der Waals surface area contributed by atoms with Crippen molar-refractivity contribution in [3.63, 3.8) is 0 Å². The fourth-order valence-electron chi connectivity index (χ4n) is 1.78. The third-order valence-corrected chi connectivity index (χ3v) is 3.49. The molecular formula is C12H13BrN2O4. The van der Waals surface area contributed by atoms with Crippen LogP contribution in [0.4, 0.5) is 0 Å². The summed E-state index contributed by atoms with van der Waals surface area (Å²) in [6.07, 6.45) is -2.02. The Bertz CT molecular complexity index is 598. The van der Waals surface area contributed by atoms with Crippen molar-refractivity contribution in [1.82, 2.24) is 10.2 Å². The average molecular weight is 329 g/mol. The first kappa shape index (κ1) is 14.0. The summed E-state index contributed by atoms with van der Waals surface area (Å²) < 4.78 is 4.62. The summed E-state index contributed by atoms with van der Waals surface area (Å²) in [7, 11) is 1.30. The average Bonchev–Trinajstić information content (AvgIpc) is 2.87. The molecule has 3 N–H and O–H groups in total. The molecule has 0 amide bonds. The Labute approximate surface area is 117 Å². The molecule has 6 nitrogen and oxygen atoms in total. The van der Waals surface area contributed by atoms with Crippen molar-refractivity contribution in [3.8, 4) is 0 Å². The molecule has 0 aliphatic carbocycles. The largest absolute Gasteiger partial charge is 0.465 e. The van der Waals surface area contributed by atoms with E-state index in [0.717, 1.165) is 0 Å². The van der Waals surface area contributed by atoms with E-state index in [1.54, 1.807) is 18.2 Å². The van der Waals surface area contributed by atoms with E-state index in [4.69, 9.17) is 0 Å². The summed E-state index contributed by atoms with van der Waals surface area (Å²) >= 11 is 3.10. The van der Waals surface area contributed by atoms with E-state index in [2.05, 4.69) is 30.9 Å². The second-order valence-corrected chi connectivity index (χ2v) is 4.67. The van der Waals surface area contributed by atoms with Gasteiger partial charge in [-0.1, -0.05) is 15.9 Å². The van der Waals surface area contributed by atoms with Gasteiger partial charge in [-0.25, -0.2) is 4.79 Å². The maximum absolute atomic E-state index is 11.4. The molecule has 0 fully saturated rings. The molecule has 0 aliphatic heterocycles. The molecule has 2 aromatic rings. The zero-order valence-electron chi connectivity index (χ0n) is 10.1. The minimum Gasteiger partial charge on any atom is -0.465 e. The number of carbonyl (C=O) groups is 1. The van der Waals surface area contributed by atoms with E-state index in [1.807, 2.05) is 0 Å². The van der Waals surface area contributed by atoms with Crippen LogP contribution >= 0.6 is 15.9 Å². The Kier molecular flexibility index (Phi) is 4.18. The number of aromatic amines is 1. The quantitative estimate of drug-likeness (QED) is 0.577. The highest BCUT2D eigenvalue weighted by molar-refractivity contribution is 9.09. The number of aliphatic hydroxyl groups excluding tert-OH is 2. The number of methoxy groups -OCH3 is 1. The smallest absolute Gasteiger partial charge is 0.337 e. The van der Waals surface area contributed by atoms with Crippen LogP contribution in [0.5, 0.6) is 0 Å². The van der Waals surface area contributed by atoms with Gasteiger partial charge >= 0.3 is 5.97 Å². The first-order chi connectivity index (χ1) is 9.08. The van der Waals surface area contributed by atoms with Gasteiger partial charge in [0.15, 0.2) is 0 Å². The monoisotopic (exact) mass is 328 g/mol. The molecule has 19 heavy (non-hydrogen) atoms. The zero-order valence-corrected chi connectivity index (χ0v) is 11.7. The topological polar surface area (TPSA) is 95.4 Å². The van der Waals surface area contributed by atoms with Gasteiger partial charge in [0, 0.05) is 10.7 Å². The fourth-order valence-corrected chi connectivity index (χ4v) is 2.13. The number of fused-ring (bicyclic) bond motifs is 1. The molecule has 0 spiro atoms. The van der Waals surface area contributed by atoms with Crippen molar-refractivity contribution < 1.29 is 19.7 Å². The van der Waals surface area contributed by atoms with E-state index < -0.39 is 18.2 Å². The molecule has 2 atom stereocenters. The first-order valence-electron chi connectivity index (χ1n) is 5.57. The van der Waals surface area contributed by atoms with Crippen LogP contribution in [0.2, 0.25) is 0 Å². The summed E-state index contributed by atoms with van der Waals surface area (Å²) in [5, 5.41) is 27.2. The van der Waals surface area contributed by atoms with Crippen LogP contribution in [0.3, 0.4) is 0 Å². The molecule has 0 bridgehead atoms. The number of aromatic nitrogens is 2. The number of rotatable bonds is 4. The maximum Gasteiger partial charge on any atom is 0.337 e. The molecule has 0 radical (unpaired) electrons. The second kappa shape index (κ2) is 5.68. The highest BCUT2D eigenvalue weighted by Gasteiger charge is 2.22. The third-order valence-electron chi connectivity index (χ3n) is 2.82. The number of aliphatic hydroxyl groups is 2. The van der Waals surface area contributed by atoms with E-state index >= 15 is 0 Å². The van der Waals surface area contributed by atoms with E-state index in [0.29, 0.717) is 22.2 Å². The molecule has 0 saturated heterocycles. The standard InChI is InChI=1S/C12H13BrN2O4/c1-19-12(18)6-2-3-7-8(4-6)14-15-10(7)11(17)9(16)5-13/h2-4,9,11,16-17H,5H2,1H3,(H,14,15). The highest BCUT2D eigenvalue weighted by atomic mass is 79.9. The van der Waals surface area contributed by atoms with Crippen molar-refractivity contribution in [3.05, 3.63) is 29.5 Å². The van der Waals surface area contributed by atoms with Gasteiger partial charge in [0.1, 0.15) is 6.10 Å². The van der Waals surface area contributed by atoms with E-state index in [-0.39, 0.29) is 5.33 Å². The van der Waals surface area contributed by atoms with Crippen molar-refractivity contribution in [1.29, 1.82) is 0 Å². The van der Waals surface area contributed by atoms with Gasteiger partial charge in [0.2, 0.25) is 0 Å². The summed E-state index contributed by atoms with van der Waals surface area (Å²) in [4.78, 5) is 11.4. The number of ether oxygens (including phenoxy) is 1. The molecule has 2 rings (SSSR count). The van der Waals surface area contributed by atoms with Gasteiger partial charge in [0.05, 0.1) is 30.0 Å². The highest BCUT2D eigenvalue weighted by Crippen LogP contribution is 2.25. The second-order valence-electron chi connectivity index (χ2n) is 4.03. The lowest BCUT2D eigenvalue weighted by Crippen LogP contribution is -2.20. The molecule has 1 heterocycles. The van der Waals surface area contributed by atoms with Crippen molar-refractivity contribution in [2.45, 2.75) is 12.2 Å². The van der Waals surface area contributed by atoms with E-state index in [1.165, 1.54) is 7.11 Å². The number of H-pyrrole nitrogens is 1. The number of esters is 1. The van der Waals surface area contributed by atoms with Gasteiger partial charge < -0.3 is 14.9 Å². The lowest BCUT2D eigenvalue weighted by atomic mass is 10.1. The number of hydrogen-bond donors (Lipinski definition) is 3. The zero-order chi connectivity index (χ0) is 14.0. The van der Waals surface area contributed by atoms with Crippen molar-refractivity contribution in [2.24, 2.45) is 0 Å². The van der Waals surface area contributed by atoms with Crippen LogP contribution in [0, 0.1) is 0 Å². The SMILES string of the molecule is COC(=O)c1ccc2c(C(O)C(O)CBr)[nH]nc2c1. The minimum absolute atomic E-state index is 0.245. The normalized spacial score (nSPS) is 14.3. The molecule has 2 unspecified atom stereocenters. The predicted octanol–water partition coefficient (Wildman–Crippen LogP) is 1.14. The molecule has 1 aromatic carbocycles. The van der Waals surface area contributed by atoms with Crippen LogP contribution < -0.4 is 0 Å². The lowest BCUT2D eigenvalue weighted by molar-refractivity contribution is 0.0324. The van der Waals surface area contributed by atoms with Crippen molar-refractivity contribution >= 4 is 32.8 Å². The van der Waals surface area contributed by atoms with Gasteiger partial charge in [-0.15, -0.1) is 0 Å². The summed E-state index contributed by atoms with van der Waals surface area (Å²) in [6.45, 7) is 0. The minimum atomic E-state index is -1.08.